The predicted octanol–water partition coefficient (Wildman–Crippen LogP) is 1.36. The number of ether oxygens (including phenoxy) is 2. The number of thiol groups is 2. The van der Waals surface area contributed by atoms with Gasteiger partial charge in [-0.1, -0.05) is 11.8 Å². The summed E-state index contributed by atoms with van der Waals surface area (Å²) in [6.07, 6.45) is 0.590. The molecule has 4 nitrogen and oxygen atoms in total. The van der Waals surface area contributed by atoms with Gasteiger partial charge in [0, 0.05) is 11.5 Å². The predicted molar refractivity (Wildman–Crippen MR) is 66.4 cm³/mol. The minimum absolute atomic E-state index is 0.195. The third kappa shape index (κ3) is 10.3. The van der Waals surface area contributed by atoms with Gasteiger partial charge in [-0.15, -0.1) is 0 Å². The Morgan fingerprint density at radius 3 is 1.67 bits per heavy atom. The van der Waals surface area contributed by atoms with Gasteiger partial charge in [0.15, 0.2) is 0 Å². The fourth-order valence-electron chi connectivity index (χ4n) is 0.576. The second-order valence-corrected chi connectivity index (χ2v) is 4.19. The van der Waals surface area contributed by atoms with E-state index in [9.17, 15) is 9.59 Å². The Hall–Kier alpha value is -0.0100. The molecule has 0 bridgehead atoms. The van der Waals surface area contributed by atoms with Crippen LogP contribution in [-0.2, 0) is 19.1 Å². The van der Waals surface area contributed by atoms with Crippen molar-refractivity contribution in [2.45, 2.75) is 12.8 Å². The minimum Gasteiger partial charge on any atom is -0.454 e. The molecule has 0 N–H and O–H groups in total. The molecule has 7 heteroatoms. The molecule has 0 rings (SSSR count). The topological polar surface area (TPSA) is 52.6 Å². The number of rotatable bonds is 8. The van der Waals surface area contributed by atoms with Gasteiger partial charge in [0.1, 0.15) is 11.9 Å². The Kier molecular flexibility index (Phi) is 10.5. The second kappa shape index (κ2) is 10.5. The largest absolute Gasteiger partial charge is 0.454 e. The van der Waals surface area contributed by atoms with Gasteiger partial charge >= 0.3 is 11.9 Å². The molecule has 0 unspecified atom stereocenters. The first kappa shape index (κ1) is 15.0. The third-order valence-corrected chi connectivity index (χ3v) is 2.25. The van der Waals surface area contributed by atoms with Crippen molar-refractivity contribution < 1.29 is 19.1 Å². The van der Waals surface area contributed by atoms with Gasteiger partial charge in [0.2, 0.25) is 0 Å². The summed E-state index contributed by atoms with van der Waals surface area (Å²) in [5.74, 6) is 0.751. The zero-order valence-electron chi connectivity index (χ0n) is 8.18. The van der Waals surface area contributed by atoms with Crippen molar-refractivity contribution in [1.82, 2.24) is 0 Å². The second-order valence-electron chi connectivity index (χ2n) is 2.42. The Balaban J connectivity index is 3.24. The Morgan fingerprint density at radius 2 is 1.33 bits per heavy atom. The van der Waals surface area contributed by atoms with E-state index in [2.05, 4.69) is 25.3 Å². The Morgan fingerprint density at radius 1 is 0.933 bits per heavy atom. The van der Waals surface area contributed by atoms with Crippen LogP contribution in [0.4, 0.5) is 0 Å². The molecule has 0 aromatic rings. The van der Waals surface area contributed by atoms with Crippen molar-refractivity contribution in [1.29, 1.82) is 0 Å². The van der Waals surface area contributed by atoms with Crippen molar-refractivity contribution in [2.75, 3.05) is 23.4 Å². The van der Waals surface area contributed by atoms with E-state index in [0.29, 0.717) is 24.3 Å². The molecular weight excluding hydrogens is 256 g/mol. The molecule has 0 heterocycles. The number of hydrogen-bond donors (Lipinski definition) is 2. The first-order valence-electron chi connectivity index (χ1n) is 4.31. The van der Waals surface area contributed by atoms with Gasteiger partial charge < -0.3 is 9.47 Å². The summed E-state index contributed by atoms with van der Waals surface area (Å²) < 4.78 is 9.59. The van der Waals surface area contributed by atoms with E-state index in [1.54, 1.807) is 0 Å². The average molecular weight is 270 g/mol. The van der Waals surface area contributed by atoms with Crippen molar-refractivity contribution >= 4 is 49.0 Å². The molecule has 0 fully saturated rings. The van der Waals surface area contributed by atoms with E-state index in [0.717, 1.165) is 0 Å². The van der Waals surface area contributed by atoms with Crippen LogP contribution in [-0.4, -0.2) is 35.3 Å². The fourth-order valence-corrected chi connectivity index (χ4v) is 1.44. The molecule has 0 aliphatic rings. The quantitative estimate of drug-likeness (QED) is 0.302. The molecule has 15 heavy (non-hydrogen) atoms. The highest BCUT2D eigenvalue weighted by Gasteiger charge is 2.02. The van der Waals surface area contributed by atoms with Gasteiger partial charge in [-0.05, 0) is 0 Å². The average Bonchev–Trinajstić information content (AvgIpc) is 2.18. The minimum atomic E-state index is -0.292. The molecule has 0 amide bonds. The van der Waals surface area contributed by atoms with Gasteiger partial charge in [0.05, 0.1) is 12.8 Å². The van der Waals surface area contributed by atoms with Crippen LogP contribution in [0.3, 0.4) is 0 Å². The van der Waals surface area contributed by atoms with Crippen LogP contribution in [0.2, 0.25) is 0 Å². The maximum atomic E-state index is 10.8. The number of carbonyl (C=O) groups is 2. The molecule has 0 aromatic heterocycles. The molecule has 0 aliphatic heterocycles. The summed E-state index contributed by atoms with van der Waals surface area (Å²) in [4.78, 5) is 21.7. The molecule has 0 saturated carbocycles. The van der Waals surface area contributed by atoms with E-state index in [-0.39, 0.29) is 23.8 Å². The van der Waals surface area contributed by atoms with Crippen LogP contribution in [0.1, 0.15) is 12.8 Å². The summed E-state index contributed by atoms with van der Waals surface area (Å²) >= 11 is 9.00. The summed E-state index contributed by atoms with van der Waals surface area (Å²) in [6, 6.07) is 0. The van der Waals surface area contributed by atoms with Gasteiger partial charge in [-0.25, -0.2) is 0 Å². The van der Waals surface area contributed by atoms with Crippen molar-refractivity contribution in [3.63, 3.8) is 0 Å². The summed E-state index contributed by atoms with van der Waals surface area (Å²) in [5.41, 5.74) is 0. The molecule has 0 aromatic carbocycles. The van der Waals surface area contributed by atoms with Crippen LogP contribution >= 0.6 is 37.0 Å². The first-order chi connectivity index (χ1) is 7.20. The monoisotopic (exact) mass is 270 g/mol. The van der Waals surface area contributed by atoms with Crippen LogP contribution in [0.5, 0.6) is 0 Å². The molecule has 0 radical (unpaired) electrons. The van der Waals surface area contributed by atoms with Crippen molar-refractivity contribution in [3.05, 3.63) is 0 Å². The molecule has 0 saturated heterocycles. The van der Waals surface area contributed by atoms with Crippen LogP contribution in [0, 0.1) is 0 Å². The normalized spacial score (nSPS) is 9.73. The van der Waals surface area contributed by atoms with Crippen LogP contribution < -0.4 is 0 Å². The van der Waals surface area contributed by atoms with E-state index in [1.807, 2.05) is 0 Å². The maximum absolute atomic E-state index is 10.8. The Bertz CT molecular complexity index is 178. The summed E-state index contributed by atoms with van der Waals surface area (Å²) in [6.45, 7) is 0. The summed E-state index contributed by atoms with van der Waals surface area (Å²) in [7, 11) is 0. The lowest BCUT2D eigenvalue weighted by Gasteiger charge is -2.04. The lowest BCUT2D eigenvalue weighted by atomic mass is 10.5. The molecule has 0 atom stereocenters. The van der Waals surface area contributed by atoms with Gasteiger partial charge in [0.25, 0.3) is 0 Å². The Labute approximate surface area is 104 Å². The highest BCUT2D eigenvalue weighted by atomic mass is 32.2. The SMILES string of the molecule is O=C(CCS)OCSCOC(=O)CCS. The highest BCUT2D eigenvalue weighted by molar-refractivity contribution is 7.99. The molecule has 0 spiro atoms. The third-order valence-electron chi connectivity index (χ3n) is 1.24. The molecule has 88 valence electrons. The van der Waals surface area contributed by atoms with E-state index in [1.165, 1.54) is 11.8 Å². The molecular formula is C8H14O4S3. The smallest absolute Gasteiger partial charge is 0.307 e. The molecule has 0 aliphatic carbocycles. The zero-order chi connectivity index (χ0) is 11.5. The summed E-state index contributed by atoms with van der Waals surface area (Å²) in [5, 5.41) is 0. The zero-order valence-corrected chi connectivity index (χ0v) is 10.8. The van der Waals surface area contributed by atoms with Crippen molar-refractivity contribution in [2.24, 2.45) is 0 Å². The fraction of sp³-hybridized carbons (Fsp3) is 0.750. The van der Waals surface area contributed by atoms with Gasteiger partial charge in [-0.2, -0.15) is 25.3 Å². The first-order valence-corrected chi connectivity index (χ1v) is 6.73. The number of esters is 2. The van der Waals surface area contributed by atoms with E-state index < -0.39 is 0 Å². The van der Waals surface area contributed by atoms with E-state index >= 15 is 0 Å². The standard InChI is InChI=1S/C8H14O4S3/c9-7(1-3-13)11-5-15-6-12-8(10)2-4-14/h13-14H,1-6H2. The lowest BCUT2D eigenvalue weighted by Crippen LogP contribution is -2.07. The number of carbonyl (C=O) groups excluding carboxylic acids is 2. The number of thioether (sulfide) groups is 1. The van der Waals surface area contributed by atoms with Gasteiger partial charge in [-0.3, -0.25) is 9.59 Å². The van der Waals surface area contributed by atoms with Crippen molar-refractivity contribution in [3.8, 4) is 0 Å². The van der Waals surface area contributed by atoms with Crippen LogP contribution in [0.25, 0.3) is 0 Å². The lowest BCUT2D eigenvalue weighted by molar-refractivity contribution is -0.140. The maximum Gasteiger partial charge on any atom is 0.307 e. The van der Waals surface area contributed by atoms with E-state index in [4.69, 9.17) is 9.47 Å². The van der Waals surface area contributed by atoms with Crippen LogP contribution in [0.15, 0.2) is 0 Å². The highest BCUT2D eigenvalue weighted by Crippen LogP contribution is 2.03. The number of hydrogen-bond acceptors (Lipinski definition) is 7.